The lowest BCUT2D eigenvalue weighted by Gasteiger charge is -2.08. The van der Waals surface area contributed by atoms with Crippen LogP contribution in [0.25, 0.3) is 0 Å². The molecular formula is C20H15Br2NO. The molecule has 0 aliphatic carbocycles. The van der Waals surface area contributed by atoms with Crippen LogP contribution in [0.1, 0.15) is 11.1 Å². The smallest absolute Gasteiger partial charge is 0.119 e. The Morgan fingerprint density at radius 3 is 2.33 bits per heavy atom. The second-order valence-corrected chi connectivity index (χ2v) is 6.96. The molecule has 24 heavy (non-hydrogen) atoms. The van der Waals surface area contributed by atoms with Crippen molar-refractivity contribution in [3.63, 3.8) is 0 Å². The number of nitrogens with zero attached hydrogens (tertiary/aromatic N) is 1. The van der Waals surface area contributed by atoms with Crippen molar-refractivity contribution >= 4 is 43.8 Å². The first kappa shape index (κ1) is 16.9. The van der Waals surface area contributed by atoms with Gasteiger partial charge in [0.15, 0.2) is 0 Å². The molecule has 0 spiro atoms. The molecule has 120 valence electrons. The number of benzene rings is 3. The summed E-state index contributed by atoms with van der Waals surface area (Å²) < 4.78 is 7.91. The maximum absolute atomic E-state index is 5.84. The SMILES string of the molecule is Brc1ccc(COc2ccc(C=Nc3ccccc3)cc2)c(Br)c1. The summed E-state index contributed by atoms with van der Waals surface area (Å²) in [7, 11) is 0. The van der Waals surface area contributed by atoms with E-state index in [0.29, 0.717) is 6.61 Å². The Hall–Kier alpha value is -1.91. The van der Waals surface area contributed by atoms with E-state index in [2.05, 4.69) is 36.9 Å². The van der Waals surface area contributed by atoms with Gasteiger partial charge < -0.3 is 4.74 Å². The van der Waals surface area contributed by atoms with Crippen molar-refractivity contribution in [1.82, 2.24) is 0 Å². The molecule has 0 unspecified atom stereocenters. The van der Waals surface area contributed by atoms with E-state index in [4.69, 9.17) is 4.74 Å². The highest BCUT2D eigenvalue weighted by Gasteiger charge is 2.02. The number of aliphatic imine (C=N–C) groups is 1. The lowest BCUT2D eigenvalue weighted by molar-refractivity contribution is 0.305. The Kier molecular flexibility index (Phi) is 5.83. The van der Waals surface area contributed by atoms with Crippen LogP contribution < -0.4 is 4.74 Å². The van der Waals surface area contributed by atoms with Crippen molar-refractivity contribution in [3.8, 4) is 5.75 Å². The van der Waals surface area contributed by atoms with Crippen molar-refractivity contribution in [1.29, 1.82) is 0 Å². The lowest BCUT2D eigenvalue weighted by Crippen LogP contribution is -1.96. The molecule has 0 atom stereocenters. The second kappa shape index (κ2) is 8.27. The van der Waals surface area contributed by atoms with E-state index in [1.807, 2.05) is 79.0 Å². The van der Waals surface area contributed by atoms with Gasteiger partial charge in [-0.15, -0.1) is 0 Å². The summed E-state index contributed by atoms with van der Waals surface area (Å²) in [5.41, 5.74) is 3.09. The number of rotatable bonds is 5. The highest BCUT2D eigenvalue weighted by atomic mass is 79.9. The van der Waals surface area contributed by atoms with Gasteiger partial charge in [0, 0.05) is 20.7 Å². The largest absolute Gasteiger partial charge is 0.489 e. The van der Waals surface area contributed by atoms with Gasteiger partial charge in [-0.3, -0.25) is 4.99 Å². The van der Waals surface area contributed by atoms with Crippen molar-refractivity contribution in [2.75, 3.05) is 0 Å². The third kappa shape index (κ3) is 4.79. The molecule has 3 aromatic rings. The number of ether oxygens (including phenoxy) is 1. The quantitative estimate of drug-likeness (QED) is 0.409. The standard InChI is InChI=1S/C20H15Br2NO/c21-17-9-8-16(20(22)12-17)14-24-19-10-6-15(7-11-19)13-23-18-4-2-1-3-5-18/h1-13H,14H2. The third-order valence-corrected chi connectivity index (χ3v) is 4.64. The Labute approximate surface area is 158 Å². The molecule has 2 nitrogen and oxygen atoms in total. The molecule has 0 aliphatic heterocycles. The average Bonchev–Trinajstić information content (AvgIpc) is 2.61. The molecule has 0 N–H and O–H groups in total. The fourth-order valence-electron chi connectivity index (χ4n) is 2.11. The molecule has 0 radical (unpaired) electrons. The minimum Gasteiger partial charge on any atom is -0.489 e. The van der Waals surface area contributed by atoms with Crippen LogP contribution in [-0.4, -0.2) is 6.21 Å². The van der Waals surface area contributed by atoms with Crippen molar-refractivity contribution in [2.45, 2.75) is 6.61 Å². The Balaban J connectivity index is 1.61. The second-order valence-electron chi connectivity index (χ2n) is 5.19. The molecule has 0 aromatic heterocycles. The van der Waals surface area contributed by atoms with Gasteiger partial charge >= 0.3 is 0 Å². The van der Waals surface area contributed by atoms with E-state index in [9.17, 15) is 0 Å². The topological polar surface area (TPSA) is 21.6 Å². The predicted octanol–water partition coefficient (Wildman–Crippen LogP) is 6.54. The van der Waals surface area contributed by atoms with Crippen LogP contribution >= 0.6 is 31.9 Å². The predicted molar refractivity (Wildman–Crippen MR) is 106 cm³/mol. The third-order valence-electron chi connectivity index (χ3n) is 3.41. The minimum atomic E-state index is 0.519. The first-order chi connectivity index (χ1) is 11.7. The number of hydrogen-bond acceptors (Lipinski definition) is 2. The van der Waals surface area contributed by atoms with Crippen LogP contribution in [0, 0.1) is 0 Å². The summed E-state index contributed by atoms with van der Waals surface area (Å²) >= 11 is 7.00. The number of para-hydroxylation sites is 1. The van der Waals surface area contributed by atoms with Crippen LogP contribution in [0.5, 0.6) is 5.75 Å². The first-order valence-electron chi connectivity index (χ1n) is 7.46. The van der Waals surface area contributed by atoms with Crippen molar-refractivity contribution < 1.29 is 4.74 Å². The zero-order valence-electron chi connectivity index (χ0n) is 12.8. The van der Waals surface area contributed by atoms with Gasteiger partial charge in [-0.1, -0.05) is 56.1 Å². The Morgan fingerprint density at radius 1 is 0.875 bits per heavy atom. The fourth-order valence-corrected chi connectivity index (χ4v) is 3.27. The lowest BCUT2D eigenvalue weighted by atomic mass is 10.2. The van der Waals surface area contributed by atoms with E-state index in [-0.39, 0.29) is 0 Å². The van der Waals surface area contributed by atoms with Gasteiger partial charge in [0.25, 0.3) is 0 Å². The molecule has 0 bridgehead atoms. The van der Waals surface area contributed by atoms with Crippen molar-refractivity contribution in [2.24, 2.45) is 4.99 Å². The van der Waals surface area contributed by atoms with Gasteiger partial charge in [-0.05, 0) is 54.1 Å². The van der Waals surface area contributed by atoms with E-state index < -0.39 is 0 Å². The molecule has 4 heteroatoms. The zero-order chi connectivity index (χ0) is 16.8. The van der Waals surface area contributed by atoms with Gasteiger partial charge in [0.2, 0.25) is 0 Å². The highest BCUT2D eigenvalue weighted by molar-refractivity contribution is 9.11. The van der Waals surface area contributed by atoms with Crippen LogP contribution in [-0.2, 0) is 6.61 Å². The summed E-state index contributed by atoms with van der Waals surface area (Å²) in [4.78, 5) is 4.44. The Bertz CT molecular complexity index is 830. The normalized spacial score (nSPS) is 10.9. The molecule has 0 heterocycles. The molecule has 3 rings (SSSR count). The van der Waals surface area contributed by atoms with Crippen LogP contribution in [0.4, 0.5) is 5.69 Å². The van der Waals surface area contributed by atoms with E-state index in [0.717, 1.165) is 31.5 Å². The van der Waals surface area contributed by atoms with Gasteiger partial charge in [-0.2, -0.15) is 0 Å². The summed E-state index contributed by atoms with van der Waals surface area (Å²) in [6, 6.07) is 23.9. The summed E-state index contributed by atoms with van der Waals surface area (Å²) in [5.74, 6) is 0.835. The van der Waals surface area contributed by atoms with Gasteiger partial charge in [-0.25, -0.2) is 0 Å². The molecule has 0 saturated carbocycles. The Morgan fingerprint density at radius 2 is 1.62 bits per heavy atom. The average molecular weight is 445 g/mol. The number of hydrogen-bond donors (Lipinski definition) is 0. The van der Waals surface area contributed by atoms with Crippen molar-refractivity contribution in [3.05, 3.63) is 92.9 Å². The zero-order valence-corrected chi connectivity index (χ0v) is 16.0. The maximum atomic E-state index is 5.84. The first-order valence-corrected chi connectivity index (χ1v) is 9.05. The van der Waals surface area contributed by atoms with Crippen LogP contribution in [0.3, 0.4) is 0 Å². The number of halogens is 2. The van der Waals surface area contributed by atoms with Crippen LogP contribution in [0.2, 0.25) is 0 Å². The molecule has 0 amide bonds. The molecule has 0 saturated heterocycles. The fraction of sp³-hybridized carbons (Fsp3) is 0.0500. The summed E-state index contributed by atoms with van der Waals surface area (Å²) in [6.45, 7) is 0.519. The van der Waals surface area contributed by atoms with Gasteiger partial charge in [0.1, 0.15) is 12.4 Å². The summed E-state index contributed by atoms with van der Waals surface area (Å²) in [6.07, 6.45) is 1.85. The molecule has 0 fully saturated rings. The van der Waals surface area contributed by atoms with E-state index >= 15 is 0 Å². The highest BCUT2D eigenvalue weighted by Crippen LogP contribution is 2.23. The molecule has 0 aliphatic rings. The van der Waals surface area contributed by atoms with E-state index in [1.165, 1.54) is 0 Å². The maximum Gasteiger partial charge on any atom is 0.119 e. The molecule has 3 aromatic carbocycles. The summed E-state index contributed by atoms with van der Waals surface area (Å²) in [5, 5.41) is 0. The minimum absolute atomic E-state index is 0.519. The monoisotopic (exact) mass is 443 g/mol. The molecular weight excluding hydrogens is 430 g/mol. The van der Waals surface area contributed by atoms with E-state index in [1.54, 1.807) is 0 Å². The van der Waals surface area contributed by atoms with Gasteiger partial charge in [0.05, 0.1) is 5.69 Å². The van der Waals surface area contributed by atoms with Crippen LogP contribution in [0.15, 0.2) is 86.7 Å².